The van der Waals surface area contributed by atoms with Crippen molar-refractivity contribution in [3.8, 4) is 0 Å². The summed E-state index contributed by atoms with van der Waals surface area (Å²) in [6.07, 6.45) is 23.3. The molecule has 0 spiro atoms. The van der Waals surface area contributed by atoms with Gasteiger partial charge in [-0.2, -0.15) is 5.06 Å². The molecule has 1 aromatic heterocycles. The fourth-order valence-electron chi connectivity index (χ4n) is 3.91. The van der Waals surface area contributed by atoms with Crippen LogP contribution in [0, 0.1) is 5.41 Å². The average Bonchev–Trinajstić information content (AvgIpc) is 3.58. The smallest absolute Gasteiger partial charge is 0.280 e. The van der Waals surface area contributed by atoms with Crippen LogP contribution in [0.15, 0.2) is 102 Å². The van der Waals surface area contributed by atoms with Crippen LogP contribution >= 0.6 is 0 Å². The van der Waals surface area contributed by atoms with Crippen LogP contribution in [0.25, 0.3) is 0 Å². The van der Waals surface area contributed by atoms with Gasteiger partial charge in [-0.3, -0.25) is 19.6 Å². The van der Waals surface area contributed by atoms with E-state index in [1.54, 1.807) is 76.4 Å². The summed E-state index contributed by atoms with van der Waals surface area (Å²) in [6, 6.07) is 0. The fourth-order valence-corrected chi connectivity index (χ4v) is 3.91. The third-order valence-electron chi connectivity index (χ3n) is 6.93. The lowest BCUT2D eigenvalue weighted by Gasteiger charge is -2.35. The molecule has 1 aromatic rings. The number of aliphatic hydroxyl groups is 3. The van der Waals surface area contributed by atoms with Crippen molar-refractivity contribution in [2.24, 2.45) is 5.41 Å². The largest absolute Gasteiger partial charge is 0.448 e. The van der Waals surface area contributed by atoms with Crippen molar-refractivity contribution in [3.63, 3.8) is 0 Å². The van der Waals surface area contributed by atoms with E-state index in [-0.39, 0.29) is 30.2 Å². The second-order valence-electron chi connectivity index (χ2n) is 11.1. The van der Waals surface area contributed by atoms with E-state index in [2.05, 4.69) is 10.3 Å². The van der Waals surface area contributed by atoms with Gasteiger partial charge in [0, 0.05) is 39.7 Å². The zero-order valence-corrected chi connectivity index (χ0v) is 27.8. The molecular weight excluding hydrogens is 608 g/mol. The number of carbonyl (C=O) groups excluding carboxylic acids is 3. The van der Waals surface area contributed by atoms with Gasteiger partial charge >= 0.3 is 0 Å². The number of hydrogen-bond acceptors (Lipinski definition) is 10. The number of allylic oxidation sites excluding steroid dienone is 11. The Kier molecular flexibility index (Phi) is 17.9. The number of ether oxygens (including phenoxy) is 1. The Hall–Kier alpha value is -4.40. The van der Waals surface area contributed by atoms with E-state index in [4.69, 9.17) is 9.15 Å². The highest BCUT2D eigenvalue weighted by atomic mass is 16.6. The van der Waals surface area contributed by atoms with Gasteiger partial charge < -0.3 is 34.7 Å². The van der Waals surface area contributed by atoms with Crippen molar-refractivity contribution in [1.29, 1.82) is 0 Å². The number of amides is 3. The van der Waals surface area contributed by atoms with Gasteiger partial charge in [-0.1, -0.05) is 72.9 Å². The number of methoxy groups -OCH3 is 1. The summed E-state index contributed by atoms with van der Waals surface area (Å²) in [6.45, 7) is 5.82. The Balaban J connectivity index is 2.54. The quantitative estimate of drug-likeness (QED) is 0.0487. The van der Waals surface area contributed by atoms with Crippen molar-refractivity contribution in [2.75, 3.05) is 33.9 Å². The first-order valence-electron chi connectivity index (χ1n) is 14.9. The monoisotopic (exact) mass is 656 g/mol. The highest BCUT2D eigenvalue weighted by Gasteiger charge is 2.46. The molecule has 0 fully saturated rings. The van der Waals surface area contributed by atoms with Crippen molar-refractivity contribution in [1.82, 2.24) is 20.3 Å². The number of nitrogens with one attached hydrogen (secondary N) is 1. The zero-order valence-electron chi connectivity index (χ0n) is 27.8. The van der Waals surface area contributed by atoms with Crippen molar-refractivity contribution in [2.45, 2.75) is 52.0 Å². The zero-order chi connectivity index (χ0) is 35.5. The van der Waals surface area contributed by atoms with E-state index in [9.17, 15) is 34.9 Å². The predicted molar refractivity (Wildman–Crippen MR) is 176 cm³/mol. The van der Waals surface area contributed by atoms with Crippen LogP contribution in [0.1, 0.15) is 33.5 Å². The van der Waals surface area contributed by atoms with Gasteiger partial charge in [-0.25, -0.2) is 4.98 Å². The van der Waals surface area contributed by atoms with Crippen molar-refractivity contribution < 1.29 is 44.1 Å². The molecule has 3 unspecified atom stereocenters. The molecule has 3 atom stereocenters. The lowest BCUT2D eigenvalue weighted by Crippen LogP contribution is -2.62. The summed E-state index contributed by atoms with van der Waals surface area (Å²) >= 11 is 0. The SMILES string of the molecule is COC(C)CN(C)C(=O)C(O)(CO)N(O)C(=O)/C=C/C=C/C=C/C=C\CNC(=O)C(C)(C)C(O)\C(C)=C/C=C\C=C\Cc1cnco1. The Morgan fingerprint density at radius 3 is 2.30 bits per heavy atom. The van der Waals surface area contributed by atoms with Gasteiger partial charge in [0.1, 0.15) is 12.4 Å². The Morgan fingerprint density at radius 2 is 1.68 bits per heavy atom. The molecule has 0 aliphatic carbocycles. The molecule has 0 aliphatic heterocycles. The number of rotatable bonds is 19. The highest BCUT2D eigenvalue weighted by molar-refractivity contribution is 5.93. The second kappa shape index (κ2) is 20.7. The molecule has 0 radical (unpaired) electrons. The summed E-state index contributed by atoms with van der Waals surface area (Å²) in [7, 11) is 2.77. The molecule has 0 aromatic carbocycles. The minimum absolute atomic E-state index is 0.0499. The molecule has 47 heavy (non-hydrogen) atoms. The normalized spacial score (nSPS) is 15.7. The Bertz CT molecular complexity index is 1340. The summed E-state index contributed by atoms with van der Waals surface area (Å²) < 4.78 is 10.2. The van der Waals surface area contributed by atoms with E-state index in [1.807, 2.05) is 18.2 Å². The number of aliphatic hydroxyl groups excluding tert-OH is 2. The number of likely N-dealkylation sites (N-methyl/N-ethyl adjacent to an activating group) is 1. The molecule has 0 saturated heterocycles. The number of hydroxylamine groups is 2. The number of nitrogens with zero attached hydrogens (tertiary/aromatic N) is 3. The third-order valence-corrected chi connectivity index (χ3v) is 6.93. The van der Waals surface area contributed by atoms with E-state index < -0.39 is 35.7 Å². The molecule has 0 aliphatic rings. The predicted octanol–water partition coefficient (Wildman–Crippen LogP) is 2.40. The van der Waals surface area contributed by atoms with Gasteiger partial charge in [0.05, 0.1) is 23.8 Å². The maximum absolute atomic E-state index is 12.7. The summed E-state index contributed by atoms with van der Waals surface area (Å²) in [5.74, 6) is -1.78. The van der Waals surface area contributed by atoms with Crippen LogP contribution in [0.2, 0.25) is 0 Å². The van der Waals surface area contributed by atoms with Crippen LogP contribution in [0.5, 0.6) is 0 Å². The summed E-state index contributed by atoms with van der Waals surface area (Å²) in [5, 5.41) is 43.5. The minimum atomic E-state index is -2.87. The molecule has 1 heterocycles. The third kappa shape index (κ3) is 13.5. The molecule has 0 bridgehead atoms. The average molecular weight is 657 g/mol. The second-order valence-corrected chi connectivity index (χ2v) is 11.1. The van der Waals surface area contributed by atoms with E-state index >= 15 is 0 Å². The first-order chi connectivity index (χ1) is 22.2. The molecule has 13 nitrogen and oxygen atoms in total. The first-order valence-corrected chi connectivity index (χ1v) is 14.9. The number of oxazole rings is 1. The van der Waals surface area contributed by atoms with Crippen LogP contribution in [0.3, 0.4) is 0 Å². The van der Waals surface area contributed by atoms with Crippen molar-refractivity contribution >= 4 is 17.7 Å². The summed E-state index contributed by atoms with van der Waals surface area (Å²) in [4.78, 5) is 42.5. The van der Waals surface area contributed by atoms with E-state index in [0.29, 0.717) is 12.0 Å². The van der Waals surface area contributed by atoms with Gasteiger partial charge in [-0.15, -0.1) is 0 Å². The summed E-state index contributed by atoms with van der Waals surface area (Å²) in [5.41, 5.74) is -3.31. The first kappa shape index (κ1) is 40.6. The molecule has 1 rings (SSSR count). The minimum Gasteiger partial charge on any atom is -0.448 e. The van der Waals surface area contributed by atoms with E-state index in [0.717, 1.165) is 16.7 Å². The fraction of sp³-hybridized carbons (Fsp3) is 0.412. The molecule has 13 heteroatoms. The molecule has 5 N–H and O–H groups in total. The molecule has 3 amide bonds. The van der Waals surface area contributed by atoms with Crippen LogP contribution in [-0.4, -0.2) is 105 Å². The molecule has 258 valence electrons. The number of carbonyl (C=O) groups is 3. The standard InChI is InChI=1S/C34H48N4O9/c1-26(18-14-11-12-15-19-28-22-35-25-47-28)30(41)33(3,4)31(42)36-21-17-13-9-7-8-10-16-20-29(40)38(45)34(44,24-39)32(43)37(5)23-27(2)46-6/h7-18,20,22,25,27,30,39,41,44-45H,19,21,23-24H2,1-6H3,(H,36,42)/b9-7+,10-8+,14-11-,15-12+,17-13-,20-16+,26-18-. The van der Waals surface area contributed by atoms with Gasteiger partial charge in [0.25, 0.3) is 17.5 Å². The van der Waals surface area contributed by atoms with Crippen LogP contribution in [-0.2, 0) is 25.5 Å². The molecule has 0 saturated carbocycles. The number of hydrogen-bond donors (Lipinski definition) is 5. The molecular formula is C34H48N4O9. The van der Waals surface area contributed by atoms with Gasteiger partial charge in [-0.05, 0) is 33.3 Å². The highest BCUT2D eigenvalue weighted by Crippen LogP contribution is 2.26. The lowest BCUT2D eigenvalue weighted by molar-refractivity contribution is -0.255. The van der Waals surface area contributed by atoms with Crippen LogP contribution < -0.4 is 5.32 Å². The van der Waals surface area contributed by atoms with E-state index in [1.165, 1.54) is 32.7 Å². The number of aromatic nitrogens is 1. The Labute approximate surface area is 276 Å². The topological polar surface area (TPSA) is 186 Å². The van der Waals surface area contributed by atoms with Crippen molar-refractivity contribution in [3.05, 3.63) is 103 Å². The van der Waals surface area contributed by atoms with Crippen LogP contribution in [0.4, 0.5) is 0 Å². The maximum atomic E-state index is 12.7. The van der Waals surface area contributed by atoms with Gasteiger partial charge in [0.2, 0.25) is 5.91 Å². The van der Waals surface area contributed by atoms with Gasteiger partial charge in [0.15, 0.2) is 6.39 Å². The lowest BCUT2D eigenvalue weighted by atomic mass is 9.81. The Morgan fingerprint density at radius 1 is 1.06 bits per heavy atom. The maximum Gasteiger partial charge on any atom is 0.280 e.